The largest absolute Gasteiger partial charge is 0.357 e. The molecule has 0 aliphatic carbocycles. The highest BCUT2D eigenvalue weighted by molar-refractivity contribution is 5.79. The lowest BCUT2D eigenvalue weighted by Crippen LogP contribution is -2.40. The maximum Gasteiger partial charge on any atom is 0.191 e. The van der Waals surface area contributed by atoms with Crippen LogP contribution >= 0.6 is 0 Å². The average Bonchev–Trinajstić information content (AvgIpc) is 3.13. The number of nitrogens with one attached hydrogen (secondary N) is 2. The summed E-state index contributed by atoms with van der Waals surface area (Å²) < 4.78 is 1.96. The van der Waals surface area contributed by atoms with Gasteiger partial charge in [0.05, 0.1) is 19.3 Å². The van der Waals surface area contributed by atoms with E-state index in [1.54, 1.807) is 0 Å². The van der Waals surface area contributed by atoms with Crippen molar-refractivity contribution < 1.29 is 0 Å². The zero-order valence-electron chi connectivity index (χ0n) is 14.2. The van der Waals surface area contributed by atoms with Gasteiger partial charge in [-0.3, -0.25) is 14.6 Å². The molecule has 2 heterocycles. The highest BCUT2D eigenvalue weighted by Gasteiger charge is 2.22. The van der Waals surface area contributed by atoms with Crippen molar-refractivity contribution >= 4 is 5.96 Å². The number of guanidine groups is 1. The SMILES string of the molecule is CCNC(=NCC1CCCN1CC)NCCn1cc(C)cn1. The van der Waals surface area contributed by atoms with Crippen LogP contribution in [0.5, 0.6) is 0 Å². The number of hydrogen-bond donors (Lipinski definition) is 2. The minimum absolute atomic E-state index is 0.606. The van der Waals surface area contributed by atoms with Gasteiger partial charge in [-0.1, -0.05) is 6.92 Å². The van der Waals surface area contributed by atoms with Gasteiger partial charge in [0.15, 0.2) is 5.96 Å². The van der Waals surface area contributed by atoms with Crippen LogP contribution in [0.15, 0.2) is 17.4 Å². The van der Waals surface area contributed by atoms with Crippen molar-refractivity contribution in [3.63, 3.8) is 0 Å². The third kappa shape index (κ3) is 5.02. The van der Waals surface area contributed by atoms with E-state index in [0.717, 1.165) is 38.7 Å². The van der Waals surface area contributed by atoms with E-state index in [-0.39, 0.29) is 0 Å². The smallest absolute Gasteiger partial charge is 0.191 e. The third-order valence-corrected chi connectivity index (χ3v) is 4.11. The monoisotopic (exact) mass is 306 g/mol. The minimum Gasteiger partial charge on any atom is -0.357 e. The highest BCUT2D eigenvalue weighted by Crippen LogP contribution is 2.16. The number of likely N-dealkylation sites (N-methyl/N-ethyl adjacent to an activating group) is 1. The van der Waals surface area contributed by atoms with Crippen LogP contribution in [0.1, 0.15) is 32.3 Å². The predicted octanol–water partition coefficient (Wildman–Crippen LogP) is 1.23. The van der Waals surface area contributed by atoms with Crippen molar-refractivity contribution in [2.45, 2.75) is 46.2 Å². The van der Waals surface area contributed by atoms with E-state index < -0.39 is 0 Å². The summed E-state index contributed by atoms with van der Waals surface area (Å²) in [5, 5.41) is 11.0. The first kappa shape index (κ1) is 16.8. The fourth-order valence-electron chi connectivity index (χ4n) is 2.93. The Morgan fingerprint density at radius 1 is 1.41 bits per heavy atom. The quantitative estimate of drug-likeness (QED) is 0.588. The van der Waals surface area contributed by atoms with Crippen LogP contribution in [-0.2, 0) is 6.54 Å². The molecule has 1 saturated heterocycles. The molecule has 0 aromatic carbocycles. The summed E-state index contributed by atoms with van der Waals surface area (Å²) in [7, 11) is 0. The molecule has 0 amide bonds. The molecular formula is C16H30N6. The lowest BCUT2D eigenvalue weighted by Gasteiger charge is -2.21. The Morgan fingerprint density at radius 2 is 2.27 bits per heavy atom. The topological polar surface area (TPSA) is 57.5 Å². The van der Waals surface area contributed by atoms with Crippen molar-refractivity contribution in [1.29, 1.82) is 0 Å². The number of aromatic nitrogens is 2. The molecule has 6 nitrogen and oxygen atoms in total. The van der Waals surface area contributed by atoms with Crippen LogP contribution in [-0.4, -0.2) is 59.4 Å². The molecule has 0 bridgehead atoms. The Morgan fingerprint density at radius 3 is 2.95 bits per heavy atom. The van der Waals surface area contributed by atoms with Crippen LogP contribution in [0, 0.1) is 6.92 Å². The molecule has 1 atom stereocenters. The molecule has 2 rings (SSSR count). The summed E-state index contributed by atoms with van der Waals surface area (Å²) >= 11 is 0. The van der Waals surface area contributed by atoms with Gasteiger partial charge >= 0.3 is 0 Å². The van der Waals surface area contributed by atoms with Gasteiger partial charge in [0.1, 0.15) is 0 Å². The van der Waals surface area contributed by atoms with Crippen LogP contribution < -0.4 is 10.6 Å². The molecule has 0 saturated carbocycles. The molecule has 124 valence electrons. The van der Waals surface area contributed by atoms with Gasteiger partial charge in [-0.15, -0.1) is 0 Å². The van der Waals surface area contributed by atoms with Crippen molar-refractivity contribution in [2.75, 3.05) is 32.7 Å². The number of aryl methyl sites for hydroxylation is 1. The number of likely N-dealkylation sites (tertiary alicyclic amines) is 1. The standard InChI is InChI=1S/C16H30N6/c1-4-17-16(18-8-10-22-13-14(3)11-20-22)19-12-15-7-6-9-21(15)5-2/h11,13,15H,4-10,12H2,1-3H3,(H2,17,18,19). The van der Waals surface area contributed by atoms with Crippen molar-refractivity contribution in [1.82, 2.24) is 25.3 Å². The zero-order chi connectivity index (χ0) is 15.8. The Hall–Kier alpha value is -1.56. The number of nitrogens with zero attached hydrogens (tertiary/aromatic N) is 4. The minimum atomic E-state index is 0.606. The van der Waals surface area contributed by atoms with Crippen molar-refractivity contribution in [3.8, 4) is 0 Å². The number of aliphatic imine (C=N–C) groups is 1. The summed E-state index contributed by atoms with van der Waals surface area (Å²) in [5.74, 6) is 0.911. The van der Waals surface area contributed by atoms with E-state index in [1.165, 1.54) is 24.9 Å². The van der Waals surface area contributed by atoms with Gasteiger partial charge in [0.2, 0.25) is 0 Å². The van der Waals surface area contributed by atoms with E-state index in [2.05, 4.69) is 47.6 Å². The second-order valence-corrected chi connectivity index (χ2v) is 5.85. The first-order valence-corrected chi connectivity index (χ1v) is 8.48. The molecule has 1 aromatic heterocycles. The molecule has 6 heteroatoms. The summed E-state index contributed by atoms with van der Waals surface area (Å²) in [6, 6.07) is 0.606. The van der Waals surface area contributed by atoms with Gasteiger partial charge in [-0.05, 0) is 45.3 Å². The van der Waals surface area contributed by atoms with E-state index in [1.807, 2.05) is 10.9 Å². The van der Waals surface area contributed by atoms with Gasteiger partial charge in [0, 0.05) is 25.3 Å². The maximum absolute atomic E-state index is 4.75. The predicted molar refractivity (Wildman–Crippen MR) is 91.2 cm³/mol. The second-order valence-electron chi connectivity index (χ2n) is 5.85. The molecule has 0 spiro atoms. The summed E-state index contributed by atoms with van der Waals surface area (Å²) in [4.78, 5) is 7.28. The van der Waals surface area contributed by atoms with Gasteiger partial charge in [0.25, 0.3) is 0 Å². The first-order chi connectivity index (χ1) is 10.7. The highest BCUT2D eigenvalue weighted by atomic mass is 15.3. The molecule has 0 radical (unpaired) electrons. The zero-order valence-corrected chi connectivity index (χ0v) is 14.2. The van der Waals surface area contributed by atoms with Crippen molar-refractivity contribution in [3.05, 3.63) is 18.0 Å². The number of hydrogen-bond acceptors (Lipinski definition) is 3. The Bertz CT molecular complexity index is 467. The summed E-state index contributed by atoms with van der Waals surface area (Å²) in [6.07, 6.45) is 6.52. The van der Waals surface area contributed by atoms with Crippen molar-refractivity contribution in [2.24, 2.45) is 4.99 Å². The third-order valence-electron chi connectivity index (χ3n) is 4.11. The van der Waals surface area contributed by atoms with Crippen LogP contribution in [0.4, 0.5) is 0 Å². The van der Waals surface area contributed by atoms with Gasteiger partial charge in [-0.25, -0.2) is 0 Å². The van der Waals surface area contributed by atoms with Crippen LogP contribution in [0.2, 0.25) is 0 Å². The summed E-state index contributed by atoms with van der Waals surface area (Å²) in [5.41, 5.74) is 1.20. The molecule has 1 unspecified atom stereocenters. The maximum atomic E-state index is 4.75. The normalized spacial score (nSPS) is 19.6. The molecular weight excluding hydrogens is 276 g/mol. The molecule has 1 aromatic rings. The fraction of sp³-hybridized carbons (Fsp3) is 0.750. The Kier molecular flexibility index (Phi) is 6.71. The Balaban J connectivity index is 1.79. The molecule has 1 aliphatic rings. The molecule has 2 N–H and O–H groups in total. The van der Waals surface area contributed by atoms with E-state index in [0.29, 0.717) is 6.04 Å². The summed E-state index contributed by atoms with van der Waals surface area (Å²) in [6.45, 7) is 12.2. The fourth-order valence-corrected chi connectivity index (χ4v) is 2.93. The first-order valence-electron chi connectivity index (χ1n) is 8.48. The second kappa shape index (κ2) is 8.78. The van der Waals surface area contributed by atoms with E-state index in [9.17, 15) is 0 Å². The lowest BCUT2D eigenvalue weighted by atomic mass is 10.2. The lowest BCUT2D eigenvalue weighted by molar-refractivity contribution is 0.273. The van der Waals surface area contributed by atoms with Gasteiger partial charge in [-0.2, -0.15) is 5.10 Å². The average molecular weight is 306 g/mol. The molecule has 1 aliphatic heterocycles. The van der Waals surface area contributed by atoms with E-state index >= 15 is 0 Å². The number of rotatable bonds is 7. The molecule has 22 heavy (non-hydrogen) atoms. The van der Waals surface area contributed by atoms with Crippen LogP contribution in [0.3, 0.4) is 0 Å². The Labute approximate surface area is 134 Å². The van der Waals surface area contributed by atoms with Gasteiger partial charge < -0.3 is 10.6 Å². The van der Waals surface area contributed by atoms with Crippen LogP contribution in [0.25, 0.3) is 0 Å². The van der Waals surface area contributed by atoms with E-state index in [4.69, 9.17) is 4.99 Å². The molecule has 1 fully saturated rings.